The second kappa shape index (κ2) is 12.1. The fraction of sp³-hybridized carbons (Fsp3) is 0.424. The lowest BCUT2D eigenvalue weighted by molar-refractivity contribution is 0.0516. The Morgan fingerprint density at radius 2 is 1.48 bits per heavy atom. The number of benzene rings is 2. The quantitative estimate of drug-likeness (QED) is 0.351. The Labute approximate surface area is 238 Å². The van der Waals surface area contributed by atoms with Crippen LogP contribution in [0.2, 0.25) is 0 Å². The van der Waals surface area contributed by atoms with Crippen molar-refractivity contribution < 1.29 is 14.3 Å². The van der Waals surface area contributed by atoms with Gasteiger partial charge < -0.3 is 20.3 Å². The van der Waals surface area contributed by atoms with Crippen LogP contribution in [0.25, 0.3) is 11.1 Å². The number of aromatic nitrogens is 1. The number of anilines is 2. The van der Waals surface area contributed by atoms with Gasteiger partial charge in [-0.3, -0.25) is 9.78 Å². The number of carbonyl (C=O) groups is 2. The zero-order chi connectivity index (χ0) is 29.0. The van der Waals surface area contributed by atoms with Gasteiger partial charge in [-0.1, -0.05) is 46.5 Å². The van der Waals surface area contributed by atoms with Gasteiger partial charge >= 0.3 is 6.09 Å². The van der Waals surface area contributed by atoms with E-state index in [0.29, 0.717) is 23.7 Å². The second-order valence-corrected chi connectivity index (χ2v) is 12.1. The molecule has 1 saturated heterocycles. The Hall–Kier alpha value is -3.87. The summed E-state index contributed by atoms with van der Waals surface area (Å²) in [6, 6.07) is 12.4. The molecule has 7 nitrogen and oxygen atoms in total. The molecule has 1 aliphatic rings. The predicted molar refractivity (Wildman–Crippen MR) is 162 cm³/mol. The molecule has 40 heavy (non-hydrogen) atoms. The smallest absolute Gasteiger partial charge is 0.407 e. The first-order chi connectivity index (χ1) is 18.9. The average molecular weight is 543 g/mol. The van der Waals surface area contributed by atoms with Crippen molar-refractivity contribution in [2.24, 2.45) is 5.92 Å². The molecule has 3 aromatic rings. The Kier molecular flexibility index (Phi) is 8.82. The normalized spacial score (nSPS) is 14.1. The third-order valence-corrected chi connectivity index (χ3v) is 7.05. The van der Waals surface area contributed by atoms with Crippen molar-refractivity contribution >= 4 is 23.4 Å². The van der Waals surface area contributed by atoms with Gasteiger partial charge in [0, 0.05) is 37.0 Å². The molecule has 0 spiro atoms. The van der Waals surface area contributed by atoms with Crippen LogP contribution < -0.4 is 15.5 Å². The third-order valence-electron chi connectivity index (χ3n) is 7.05. The third kappa shape index (κ3) is 7.62. The molecule has 0 unspecified atom stereocenters. The van der Waals surface area contributed by atoms with Crippen LogP contribution in [0.5, 0.6) is 0 Å². The molecule has 0 atom stereocenters. The molecule has 1 fully saturated rings. The number of hydrogen-bond donors (Lipinski definition) is 2. The van der Waals surface area contributed by atoms with Crippen LogP contribution in [0.1, 0.15) is 66.2 Å². The highest BCUT2D eigenvalue weighted by atomic mass is 16.6. The fourth-order valence-electron chi connectivity index (χ4n) is 5.43. The van der Waals surface area contributed by atoms with Gasteiger partial charge in [0.05, 0.1) is 17.6 Å². The number of amides is 2. The van der Waals surface area contributed by atoms with Crippen molar-refractivity contribution in [1.82, 2.24) is 10.3 Å². The van der Waals surface area contributed by atoms with E-state index in [2.05, 4.69) is 58.6 Å². The van der Waals surface area contributed by atoms with Crippen molar-refractivity contribution in [3.63, 3.8) is 0 Å². The van der Waals surface area contributed by atoms with Gasteiger partial charge in [-0.15, -0.1) is 0 Å². The van der Waals surface area contributed by atoms with Crippen LogP contribution in [0.4, 0.5) is 16.2 Å². The lowest BCUT2D eigenvalue weighted by Gasteiger charge is -2.36. The van der Waals surface area contributed by atoms with Crippen molar-refractivity contribution in [3.8, 4) is 11.1 Å². The van der Waals surface area contributed by atoms with E-state index in [1.807, 2.05) is 52.9 Å². The molecule has 212 valence electrons. The van der Waals surface area contributed by atoms with Gasteiger partial charge in [0.1, 0.15) is 5.60 Å². The van der Waals surface area contributed by atoms with Gasteiger partial charge in [-0.2, -0.15) is 0 Å². The Bertz CT molecular complexity index is 1340. The van der Waals surface area contributed by atoms with Crippen molar-refractivity contribution in [3.05, 3.63) is 76.6 Å². The average Bonchev–Trinajstić information content (AvgIpc) is 2.85. The molecule has 4 rings (SSSR count). The Morgan fingerprint density at radius 3 is 2.05 bits per heavy atom. The molecular formula is C33H42N4O3. The van der Waals surface area contributed by atoms with E-state index in [1.165, 1.54) is 11.1 Å². The van der Waals surface area contributed by atoms with Gasteiger partial charge in [0.15, 0.2) is 0 Å². The maximum Gasteiger partial charge on any atom is 0.407 e. The highest BCUT2D eigenvalue weighted by Crippen LogP contribution is 2.39. The van der Waals surface area contributed by atoms with Crippen LogP contribution in [-0.4, -0.2) is 42.2 Å². The summed E-state index contributed by atoms with van der Waals surface area (Å²) in [5, 5.41) is 6.11. The summed E-state index contributed by atoms with van der Waals surface area (Å²) >= 11 is 0. The summed E-state index contributed by atoms with van der Waals surface area (Å²) in [7, 11) is 0. The number of pyridine rings is 1. The minimum atomic E-state index is -0.517. The van der Waals surface area contributed by atoms with Crippen LogP contribution in [-0.2, 0) is 4.74 Å². The summed E-state index contributed by atoms with van der Waals surface area (Å²) < 4.78 is 5.40. The molecule has 7 heteroatoms. The van der Waals surface area contributed by atoms with Crippen molar-refractivity contribution in [2.75, 3.05) is 29.9 Å². The highest BCUT2D eigenvalue weighted by molar-refractivity contribution is 6.07. The predicted octanol–water partition coefficient (Wildman–Crippen LogP) is 6.98. The molecule has 2 aromatic carbocycles. The maximum atomic E-state index is 13.4. The largest absolute Gasteiger partial charge is 0.444 e. The Balaban J connectivity index is 1.60. The molecule has 1 aliphatic heterocycles. The van der Waals surface area contributed by atoms with Crippen molar-refractivity contribution in [1.29, 1.82) is 0 Å². The maximum absolute atomic E-state index is 13.4. The molecular weight excluding hydrogens is 500 g/mol. The standard InChI is InChI=1S/C33H42N4O3/c1-21-12-22(2)15-26(14-21)28-19-34-20-29(36-31(38)27-16-23(3)13-24(4)17-27)30(28)37-10-8-25(9-11-37)18-35-32(39)40-33(5,6)7/h12-17,19-20,25H,8-11,18H2,1-7H3,(H,35,39)(H,36,38). The number of rotatable bonds is 6. The van der Waals surface area contributed by atoms with E-state index in [0.717, 1.165) is 53.9 Å². The SMILES string of the molecule is Cc1cc(C)cc(C(=O)Nc2cncc(-c3cc(C)cc(C)c3)c2N2CCC(CNC(=O)OC(C)(C)C)CC2)c1. The van der Waals surface area contributed by atoms with Gasteiger partial charge in [-0.25, -0.2) is 4.79 Å². The number of alkyl carbamates (subject to hydrolysis) is 1. The zero-order valence-electron chi connectivity index (χ0n) is 24.9. The van der Waals surface area contributed by atoms with Crippen LogP contribution in [0.15, 0.2) is 48.8 Å². The van der Waals surface area contributed by atoms with Crippen molar-refractivity contribution in [2.45, 2.75) is 66.9 Å². The van der Waals surface area contributed by atoms with E-state index in [-0.39, 0.29) is 12.0 Å². The first-order valence-corrected chi connectivity index (χ1v) is 14.1. The lowest BCUT2D eigenvalue weighted by atomic mass is 9.94. The molecule has 2 N–H and O–H groups in total. The van der Waals surface area contributed by atoms with E-state index in [4.69, 9.17) is 4.74 Å². The number of aryl methyl sites for hydroxylation is 4. The summed E-state index contributed by atoms with van der Waals surface area (Å²) in [4.78, 5) is 32.5. The highest BCUT2D eigenvalue weighted by Gasteiger charge is 2.26. The van der Waals surface area contributed by atoms with E-state index < -0.39 is 5.60 Å². The first kappa shape index (κ1) is 29.1. The minimum Gasteiger partial charge on any atom is -0.444 e. The number of hydrogen-bond acceptors (Lipinski definition) is 5. The zero-order valence-corrected chi connectivity index (χ0v) is 24.9. The Morgan fingerprint density at radius 1 is 0.900 bits per heavy atom. The second-order valence-electron chi connectivity index (χ2n) is 12.1. The number of carbonyl (C=O) groups excluding carboxylic acids is 2. The summed E-state index contributed by atoms with van der Waals surface area (Å²) in [5.74, 6) is 0.201. The van der Waals surface area contributed by atoms with E-state index in [1.54, 1.807) is 6.20 Å². The van der Waals surface area contributed by atoms with Crippen LogP contribution >= 0.6 is 0 Å². The molecule has 1 aromatic heterocycles. The van der Waals surface area contributed by atoms with Crippen LogP contribution in [0.3, 0.4) is 0 Å². The van der Waals surface area contributed by atoms with E-state index in [9.17, 15) is 9.59 Å². The number of nitrogens with zero attached hydrogens (tertiary/aromatic N) is 2. The summed E-state index contributed by atoms with van der Waals surface area (Å²) in [6.07, 6.45) is 5.09. The monoisotopic (exact) mass is 542 g/mol. The molecule has 0 bridgehead atoms. The fourth-order valence-corrected chi connectivity index (χ4v) is 5.43. The summed E-state index contributed by atoms with van der Waals surface area (Å²) in [5.41, 5.74) is 8.33. The number of piperidine rings is 1. The number of ether oxygens (including phenoxy) is 1. The molecule has 0 saturated carbocycles. The van der Waals surface area contributed by atoms with Gasteiger partial charge in [0.2, 0.25) is 0 Å². The molecule has 2 amide bonds. The topological polar surface area (TPSA) is 83.6 Å². The molecule has 0 aliphatic carbocycles. The molecule has 2 heterocycles. The van der Waals surface area contributed by atoms with Gasteiger partial charge in [0.25, 0.3) is 5.91 Å². The minimum absolute atomic E-state index is 0.149. The summed E-state index contributed by atoms with van der Waals surface area (Å²) in [6.45, 7) is 16.0. The lowest BCUT2D eigenvalue weighted by Crippen LogP contribution is -2.40. The van der Waals surface area contributed by atoms with E-state index >= 15 is 0 Å². The van der Waals surface area contributed by atoms with Crippen LogP contribution in [0, 0.1) is 33.6 Å². The first-order valence-electron chi connectivity index (χ1n) is 14.1. The number of nitrogens with one attached hydrogen (secondary N) is 2. The molecule has 0 radical (unpaired) electrons. The van der Waals surface area contributed by atoms with Gasteiger partial charge in [-0.05, 0) is 84.9 Å².